The maximum atomic E-state index is 11.4. The summed E-state index contributed by atoms with van der Waals surface area (Å²) in [7, 11) is 0. The molecule has 0 bridgehead atoms. The van der Waals surface area contributed by atoms with Crippen LogP contribution in [0.3, 0.4) is 0 Å². The van der Waals surface area contributed by atoms with Crippen LogP contribution < -0.4 is 4.74 Å². The molecule has 0 unspecified atom stereocenters. The molecule has 0 amide bonds. The van der Waals surface area contributed by atoms with E-state index in [0.717, 1.165) is 11.3 Å². The van der Waals surface area contributed by atoms with Crippen LogP contribution in [0, 0.1) is 0 Å². The second-order valence-corrected chi connectivity index (χ2v) is 3.75. The molecule has 0 saturated heterocycles. The molecular weight excluding hydrogens is 260 g/mol. The van der Waals surface area contributed by atoms with E-state index in [0.29, 0.717) is 6.61 Å². The maximum Gasteiger partial charge on any atom is 0.344 e. The molecule has 108 valence electrons. The topological polar surface area (TPSA) is 61.8 Å². The number of hydrogen-bond donors (Lipinski definition) is 0. The van der Waals surface area contributed by atoms with Crippen molar-refractivity contribution in [1.29, 1.82) is 0 Å². The Bertz CT molecular complexity index is 462. The van der Waals surface area contributed by atoms with Gasteiger partial charge in [-0.25, -0.2) is 9.59 Å². The van der Waals surface area contributed by atoms with Crippen LogP contribution in [0.25, 0.3) is 6.08 Å². The highest BCUT2D eigenvalue weighted by Crippen LogP contribution is 2.12. The average Bonchev–Trinajstić information content (AvgIpc) is 2.45. The first kappa shape index (κ1) is 15.8. The molecule has 20 heavy (non-hydrogen) atoms. The number of hydrogen-bond acceptors (Lipinski definition) is 5. The fraction of sp³-hybridized carbons (Fsp3) is 0.333. The normalized spacial score (nSPS) is 10.3. The van der Waals surface area contributed by atoms with Gasteiger partial charge in [-0.15, -0.1) is 0 Å². The first-order valence-corrected chi connectivity index (χ1v) is 6.39. The van der Waals surface area contributed by atoms with E-state index in [-0.39, 0.29) is 13.2 Å². The third-order valence-electron chi connectivity index (χ3n) is 2.24. The van der Waals surface area contributed by atoms with Gasteiger partial charge < -0.3 is 14.2 Å². The van der Waals surface area contributed by atoms with E-state index in [4.69, 9.17) is 9.47 Å². The Hall–Kier alpha value is -2.30. The summed E-state index contributed by atoms with van der Waals surface area (Å²) in [5, 5.41) is 0. The Morgan fingerprint density at radius 2 is 1.75 bits per heavy atom. The van der Waals surface area contributed by atoms with Crippen molar-refractivity contribution in [2.75, 3.05) is 19.8 Å². The predicted octanol–water partition coefficient (Wildman–Crippen LogP) is 2.20. The van der Waals surface area contributed by atoms with Gasteiger partial charge >= 0.3 is 11.9 Å². The minimum absolute atomic E-state index is 0.262. The number of benzene rings is 1. The van der Waals surface area contributed by atoms with Gasteiger partial charge in [-0.1, -0.05) is 12.1 Å². The van der Waals surface area contributed by atoms with Crippen molar-refractivity contribution in [3.05, 3.63) is 35.9 Å². The average molecular weight is 278 g/mol. The Labute approximate surface area is 118 Å². The van der Waals surface area contributed by atoms with Gasteiger partial charge in [-0.3, -0.25) is 0 Å². The molecule has 0 aromatic heterocycles. The highest BCUT2D eigenvalue weighted by Gasteiger charge is 2.04. The molecule has 1 aromatic carbocycles. The van der Waals surface area contributed by atoms with Crippen molar-refractivity contribution in [3.63, 3.8) is 0 Å². The quantitative estimate of drug-likeness (QED) is 0.565. The summed E-state index contributed by atoms with van der Waals surface area (Å²) >= 11 is 0. The Morgan fingerprint density at radius 1 is 1.05 bits per heavy atom. The lowest BCUT2D eigenvalue weighted by atomic mass is 10.2. The second kappa shape index (κ2) is 8.74. The molecule has 1 rings (SSSR count). The minimum Gasteiger partial charge on any atom is -0.494 e. The number of ether oxygens (including phenoxy) is 3. The van der Waals surface area contributed by atoms with E-state index in [1.54, 1.807) is 13.0 Å². The zero-order valence-corrected chi connectivity index (χ0v) is 11.6. The SMILES string of the molecule is CCOC(=O)COC(=O)/C=C/c1ccc(OCC)cc1. The largest absolute Gasteiger partial charge is 0.494 e. The summed E-state index contributed by atoms with van der Waals surface area (Å²) in [6, 6.07) is 7.26. The molecule has 0 N–H and O–H groups in total. The molecular formula is C15H18O5. The van der Waals surface area contributed by atoms with Crippen LogP contribution in [0.2, 0.25) is 0 Å². The molecule has 5 nitrogen and oxygen atoms in total. The summed E-state index contributed by atoms with van der Waals surface area (Å²) < 4.78 is 14.7. The maximum absolute atomic E-state index is 11.4. The lowest BCUT2D eigenvalue weighted by Gasteiger charge is -2.03. The van der Waals surface area contributed by atoms with Gasteiger partial charge in [0.2, 0.25) is 0 Å². The molecule has 0 saturated carbocycles. The second-order valence-electron chi connectivity index (χ2n) is 3.75. The van der Waals surface area contributed by atoms with Crippen molar-refractivity contribution in [2.45, 2.75) is 13.8 Å². The van der Waals surface area contributed by atoms with Gasteiger partial charge in [-0.2, -0.15) is 0 Å². The van der Waals surface area contributed by atoms with Gasteiger partial charge in [0.25, 0.3) is 0 Å². The third kappa shape index (κ3) is 6.04. The van der Waals surface area contributed by atoms with Crippen LogP contribution in [0.1, 0.15) is 19.4 Å². The van der Waals surface area contributed by atoms with Crippen molar-refractivity contribution in [2.24, 2.45) is 0 Å². The van der Waals surface area contributed by atoms with Gasteiger partial charge in [-0.05, 0) is 37.6 Å². The van der Waals surface area contributed by atoms with Crippen molar-refractivity contribution < 1.29 is 23.8 Å². The standard InChI is InChI=1S/C15H18O5/c1-3-18-13-8-5-12(6-9-13)7-10-14(16)20-11-15(17)19-4-2/h5-10H,3-4,11H2,1-2H3/b10-7+. The molecule has 0 fully saturated rings. The lowest BCUT2D eigenvalue weighted by Crippen LogP contribution is -2.14. The summed E-state index contributed by atoms with van der Waals surface area (Å²) in [5.74, 6) is -0.378. The summed E-state index contributed by atoms with van der Waals surface area (Å²) in [6.45, 7) is 4.09. The highest BCUT2D eigenvalue weighted by molar-refractivity contribution is 5.88. The first-order chi connectivity index (χ1) is 9.65. The van der Waals surface area contributed by atoms with E-state index in [1.165, 1.54) is 6.08 Å². The number of carbonyl (C=O) groups is 2. The van der Waals surface area contributed by atoms with E-state index in [1.807, 2.05) is 31.2 Å². The zero-order valence-electron chi connectivity index (χ0n) is 11.6. The highest BCUT2D eigenvalue weighted by atomic mass is 16.6. The molecule has 0 heterocycles. The van der Waals surface area contributed by atoms with E-state index in [2.05, 4.69) is 4.74 Å². The van der Waals surface area contributed by atoms with Gasteiger partial charge in [0.15, 0.2) is 6.61 Å². The van der Waals surface area contributed by atoms with Crippen molar-refractivity contribution in [1.82, 2.24) is 0 Å². The van der Waals surface area contributed by atoms with E-state index in [9.17, 15) is 9.59 Å². The predicted molar refractivity (Wildman–Crippen MR) is 74.2 cm³/mol. The molecule has 0 aliphatic heterocycles. The molecule has 0 radical (unpaired) electrons. The van der Waals surface area contributed by atoms with Crippen LogP contribution in [0.4, 0.5) is 0 Å². The lowest BCUT2D eigenvalue weighted by molar-refractivity contribution is -0.155. The number of rotatable bonds is 7. The molecule has 0 atom stereocenters. The van der Waals surface area contributed by atoms with Crippen molar-refractivity contribution >= 4 is 18.0 Å². The fourth-order valence-corrected chi connectivity index (χ4v) is 1.39. The van der Waals surface area contributed by atoms with Crippen LogP contribution in [-0.2, 0) is 19.1 Å². The smallest absolute Gasteiger partial charge is 0.344 e. The van der Waals surface area contributed by atoms with Gasteiger partial charge in [0.1, 0.15) is 5.75 Å². The van der Waals surface area contributed by atoms with Gasteiger partial charge in [0, 0.05) is 6.08 Å². The molecule has 0 aliphatic rings. The van der Waals surface area contributed by atoms with E-state index >= 15 is 0 Å². The zero-order chi connectivity index (χ0) is 14.8. The Morgan fingerprint density at radius 3 is 2.35 bits per heavy atom. The minimum atomic E-state index is -0.591. The summed E-state index contributed by atoms with van der Waals surface area (Å²) in [4.78, 5) is 22.3. The summed E-state index contributed by atoms with van der Waals surface area (Å²) in [6.07, 6.45) is 2.86. The van der Waals surface area contributed by atoms with Gasteiger partial charge in [0.05, 0.1) is 13.2 Å². The van der Waals surface area contributed by atoms with E-state index < -0.39 is 11.9 Å². The molecule has 0 aliphatic carbocycles. The first-order valence-electron chi connectivity index (χ1n) is 6.39. The Kier molecular flexibility index (Phi) is 6.89. The molecule has 1 aromatic rings. The number of esters is 2. The number of carbonyl (C=O) groups excluding carboxylic acids is 2. The monoisotopic (exact) mass is 278 g/mol. The summed E-state index contributed by atoms with van der Waals surface area (Å²) in [5.41, 5.74) is 0.835. The van der Waals surface area contributed by atoms with Crippen LogP contribution in [0.5, 0.6) is 5.75 Å². The molecule has 5 heteroatoms. The van der Waals surface area contributed by atoms with Crippen LogP contribution in [-0.4, -0.2) is 31.8 Å². The van der Waals surface area contributed by atoms with Crippen molar-refractivity contribution in [3.8, 4) is 5.75 Å². The molecule has 0 spiro atoms. The fourth-order valence-electron chi connectivity index (χ4n) is 1.39. The van der Waals surface area contributed by atoms with Crippen LogP contribution >= 0.6 is 0 Å². The van der Waals surface area contributed by atoms with Crippen LogP contribution in [0.15, 0.2) is 30.3 Å². The Balaban J connectivity index is 2.42. The third-order valence-corrected chi connectivity index (χ3v) is 2.24.